The van der Waals surface area contributed by atoms with Gasteiger partial charge in [-0.25, -0.2) is 0 Å². The summed E-state index contributed by atoms with van der Waals surface area (Å²) >= 11 is 0. The molecule has 0 amide bonds. The first-order valence-corrected chi connectivity index (χ1v) is 5.26. The Balaban J connectivity index is 2.78. The second-order valence-corrected chi connectivity index (χ2v) is 3.41. The number of anilines is 3. The van der Waals surface area contributed by atoms with Gasteiger partial charge in [0.2, 0.25) is 5.95 Å². The minimum Gasteiger partial charge on any atom is -0.383 e. The summed E-state index contributed by atoms with van der Waals surface area (Å²) in [5.74, 6) is 1.81. The minimum absolute atomic E-state index is 0.276. The first-order chi connectivity index (χ1) is 7.67. The fourth-order valence-corrected chi connectivity index (χ4v) is 1.26. The normalized spacial score (nSPS) is 10.2. The van der Waals surface area contributed by atoms with Crippen LogP contribution in [0.4, 0.5) is 17.6 Å². The molecule has 0 atom stereocenters. The number of hydrogen-bond donors (Lipinski definition) is 2. The highest BCUT2D eigenvalue weighted by Gasteiger charge is 2.06. The fourth-order valence-electron chi connectivity index (χ4n) is 1.26. The Morgan fingerprint density at radius 3 is 2.88 bits per heavy atom. The molecule has 16 heavy (non-hydrogen) atoms. The molecular formula is C10H19N5O. The van der Waals surface area contributed by atoms with Crippen LogP contribution in [0.1, 0.15) is 6.92 Å². The van der Waals surface area contributed by atoms with E-state index in [-0.39, 0.29) is 5.95 Å². The van der Waals surface area contributed by atoms with E-state index in [2.05, 4.69) is 15.3 Å². The van der Waals surface area contributed by atoms with Gasteiger partial charge < -0.3 is 20.7 Å². The van der Waals surface area contributed by atoms with Gasteiger partial charge in [-0.05, 0) is 6.92 Å². The molecule has 1 aromatic heterocycles. The molecule has 0 aliphatic heterocycles. The molecule has 0 saturated carbocycles. The van der Waals surface area contributed by atoms with E-state index in [0.717, 1.165) is 24.7 Å². The Morgan fingerprint density at radius 2 is 2.25 bits per heavy atom. The Hall–Kier alpha value is -1.56. The van der Waals surface area contributed by atoms with Crippen LogP contribution in [-0.4, -0.2) is 43.8 Å². The van der Waals surface area contributed by atoms with Gasteiger partial charge in [0.25, 0.3) is 0 Å². The summed E-state index contributed by atoms with van der Waals surface area (Å²) in [6, 6.07) is 1.87. The van der Waals surface area contributed by atoms with Crippen molar-refractivity contribution >= 4 is 17.6 Å². The minimum atomic E-state index is 0.276. The number of methoxy groups -OCH3 is 1. The molecule has 0 spiro atoms. The summed E-state index contributed by atoms with van der Waals surface area (Å²) in [7, 11) is 3.61. The van der Waals surface area contributed by atoms with Crippen LogP contribution < -0.4 is 16.0 Å². The van der Waals surface area contributed by atoms with E-state index in [9.17, 15) is 0 Å². The second kappa shape index (κ2) is 6.12. The van der Waals surface area contributed by atoms with E-state index >= 15 is 0 Å². The van der Waals surface area contributed by atoms with Crippen molar-refractivity contribution in [2.75, 3.05) is 49.8 Å². The summed E-state index contributed by atoms with van der Waals surface area (Å²) < 4.78 is 5.01. The molecule has 0 unspecified atom stereocenters. The van der Waals surface area contributed by atoms with Gasteiger partial charge in [-0.2, -0.15) is 9.97 Å². The number of nitrogens with two attached hydrogens (primary N) is 1. The van der Waals surface area contributed by atoms with Crippen LogP contribution in [0.15, 0.2) is 6.07 Å². The number of likely N-dealkylation sites (N-methyl/N-ethyl adjacent to an activating group) is 1. The number of hydrogen-bond acceptors (Lipinski definition) is 6. The monoisotopic (exact) mass is 225 g/mol. The van der Waals surface area contributed by atoms with E-state index in [1.807, 2.05) is 24.9 Å². The van der Waals surface area contributed by atoms with E-state index in [4.69, 9.17) is 10.5 Å². The molecule has 0 saturated heterocycles. The van der Waals surface area contributed by atoms with E-state index in [1.54, 1.807) is 7.11 Å². The van der Waals surface area contributed by atoms with Crippen molar-refractivity contribution in [1.29, 1.82) is 0 Å². The third-order valence-corrected chi connectivity index (χ3v) is 2.11. The number of nitrogen functional groups attached to an aromatic ring is 1. The zero-order valence-electron chi connectivity index (χ0n) is 10.0. The maximum absolute atomic E-state index is 5.64. The highest BCUT2D eigenvalue weighted by atomic mass is 16.5. The average Bonchev–Trinajstić information content (AvgIpc) is 2.25. The molecule has 90 valence electrons. The van der Waals surface area contributed by atoms with Gasteiger partial charge in [0.05, 0.1) is 6.61 Å². The van der Waals surface area contributed by atoms with Crippen molar-refractivity contribution in [3.63, 3.8) is 0 Å². The zero-order chi connectivity index (χ0) is 12.0. The van der Waals surface area contributed by atoms with E-state index in [1.165, 1.54) is 0 Å². The van der Waals surface area contributed by atoms with Gasteiger partial charge >= 0.3 is 0 Å². The molecule has 6 heteroatoms. The lowest BCUT2D eigenvalue weighted by molar-refractivity contribution is 0.206. The van der Waals surface area contributed by atoms with E-state index < -0.39 is 0 Å². The highest BCUT2D eigenvalue weighted by Crippen LogP contribution is 2.15. The van der Waals surface area contributed by atoms with Gasteiger partial charge in [0.1, 0.15) is 11.6 Å². The lowest BCUT2D eigenvalue weighted by atomic mass is 10.4. The molecule has 1 rings (SSSR count). The zero-order valence-corrected chi connectivity index (χ0v) is 10.0. The molecule has 0 aliphatic carbocycles. The highest BCUT2D eigenvalue weighted by molar-refractivity contribution is 5.52. The van der Waals surface area contributed by atoms with Crippen LogP contribution >= 0.6 is 0 Å². The summed E-state index contributed by atoms with van der Waals surface area (Å²) in [6.45, 7) is 4.22. The van der Waals surface area contributed by atoms with Gasteiger partial charge in [0, 0.05) is 33.3 Å². The first kappa shape index (κ1) is 12.5. The quantitative estimate of drug-likeness (QED) is 0.737. The van der Waals surface area contributed by atoms with Crippen LogP contribution in [0.2, 0.25) is 0 Å². The average molecular weight is 225 g/mol. The van der Waals surface area contributed by atoms with Crippen molar-refractivity contribution < 1.29 is 4.74 Å². The number of nitrogens with zero attached hydrogens (tertiary/aromatic N) is 3. The number of ether oxygens (including phenoxy) is 1. The van der Waals surface area contributed by atoms with Crippen molar-refractivity contribution in [1.82, 2.24) is 9.97 Å². The van der Waals surface area contributed by atoms with E-state index in [0.29, 0.717) is 6.61 Å². The lowest BCUT2D eigenvalue weighted by Gasteiger charge is -2.18. The van der Waals surface area contributed by atoms with Gasteiger partial charge in [-0.3, -0.25) is 0 Å². The maximum Gasteiger partial charge on any atom is 0.223 e. The van der Waals surface area contributed by atoms with Crippen molar-refractivity contribution in [2.45, 2.75) is 6.92 Å². The third kappa shape index (κ3) is 3.54. The smallest absolute Gasteiger partial charge is 0.223 e. The molecule has 0 aliphatic rings. The standard InChI is InChI=1S/C10H19N5O/c1-4-12-8-7-9(14-10(11)13-8)15(2)5-6-16-3/h7H,4-6H2,1-3H3,(H3,11,12,13,14). The Labute approximate surface area is 95.8 Å². The lowest BCUT2D eigenvalue weighted by Crippen LogP contribution is -2.23. The predicted octanol–water partition coefficient (Wildman–Crippen LogP) is 0.573. The van der Waals surface area contributed by atoms with Crippen LogP contribution in [0, 0.1) is 0 Å². The maximum atomic E-state index is 5.64. The molecule has 3 N–H and O–H groups in total. The molecular weight excluding hydrogens is 206 g/mol. The van der Waals surface area contributed by atoms with Crippen LogP contribution in [-0.2, 0) is 4.74 Å². The SMILES string of the molecule is CCNc1cc(N(C)CCOC)nc(N)n1. The molecule has 6 nitrogen and oxygen atoms in total. The topological polar surface area (TPSA) is 76.3 Å². The first-order valence-electron chi connectivity index (χ1n) is 5.26. The molecule has 0 bridgehead atoms. The molecule has 1 aromatic rings. The number of rotatable bonds is 6. The predicted molar refractivity (Wildman–Crippen MR) is 65.8 cm³/mol. The van der Waals surface area contributed by atoms with Crippen molar-refractivity contribution in [3.05, 3.63) is 6.07 Å². The molecule has 0 radical (unpaired) electrons. The molecule has 0 fully saturated rings. The van der Waals surface area contributed by atoms with Gasteiger partial charge in [0.15, 0.2) is 0 Å². The van der Waals surface area contributed by atoms with Crippen molar-refractivity contribution in [3.8, 4) is 0 Å². The second-order valence-electron chi connectivity index (χ2n) is 3.41. The summed E-state index contributed by atoms with van der Waals surface area (Å²) in [5.41, 5.74) is 5.64. The summed E-state index contributed by atoms with van der Waals surface area (Å²) in [5, 5.41) is 3.11. The Morgan fingerprint density at radius 1 is 1.50 bits per heavy atom. The molecule has 1 heterocycles. The summed E-state index contributed by atoms with van der Waals surface area (Å²) in [6.07, 6.45) is 0. The van der Waals surface area contributed by atoms with Crippen LogP contribution in [0.3, 0.4) is 0 Å². The van der Waals surface area contributed by atoms with Crippen LogP contribution in [0.25, 0.3) is 0 Å². The third-order valence-electron chi connectivity index (χ3n) is 2.11. The van der Waals surface area contributed by atoms with Gasteiger partial charge in [-0.1, -0.05) is 0 Å². The largest absolute Gasteiger partial charge is 0.383 e. The summed E-state index contributed by atoms with van der Waals surface area (Å²) in [4.78, 5) is 10.2. The van der Waals surface area contributed by atoms with Crippen LogP contribution in [0.5, 0.6) is 0 Å². The Kier molecular flexibility index (Phi) is 4.78. The fraction of sp³-hybridized carbons (Fsp3) is 0.600. The number of aromatic nitrogens is 2. The van der Waals surface area contributed by atoms with Gasteiger partial charge in [-0.15, -0.1) is 0 Å². The van der Waals surface area contributed by atoms with Crippen molar-refractivity contribution in [2.24, 2.45) is 0 Å². The molecule has 0 aromatic carbocycles. The number of nitrogens with one attached hydrogen (secondary N) is 1. The Bertz CT molecular complexity index is 331.